The van der Waals surface area contributed by atoms with Crippen molar-refractivity contribution >= 4 is 5.91 Å². The molecule has 3 rings (SSSR count). The van der Waals surface area contributed by atoms with Crippen LogP contribution >= 0.6 is 0 Å². The molecule has 0 bridgehead atoms. The minimum atomic E-state index is -0.0646. The molecule has 2 saturated heterocycles. The minimum Gasteiger partial charge on any atom is -0.333 e. The molecule has 0 unspecified atom stereocenters. The highest BCUT2D eigenvalue weighted by atomic mass is 16.2. The monoisotopic (exact) mass is 258 g/mol. The Balaban J connectivity index is 2.03. The molecule has 19 heavy (non-hydrogen) atoms. The van der Waals surface area contributed by atoms with Crippen LogP contribution in [0, 0.1) is 6.92 Å². The van der Waals surface area contributed by atoms with E-state index in [0.717, 1.165) is 45.3 Å². The maximum atomic E-state index is 12.2. The predicted molar refractivity (Wildman–Crippen MR) is 75.9 cm³/mol. The Kier molecular flexibility index (Phi) is 3.31. The standard InChI is InChI=1S/C16H22N2O/c1-13-4-2-5-14(12-13)16(7-9-17-10-8-16)18-11-3-6-15(18)19/h2,4-5,12,17H,3,6-11H2,1H3. The maximum Gasteiger partial charge on any atom is 0.223 e. The van der Waals surface area contributed by atoms with E-state index in [1.54, 1.807) is 0 Å². The number of piperidine rings is 1. The van der Waals surface area contributed by atoms with Crippen molar-refractivity contribution in [3.8, 4) is 0 Å². The average molecular weight is 258 g/mol. The van der Waals surface area contributed by atoms with E-state index in [4.69, 9.17) is 0 Å². The van der Waals surface area contributed by atoms with Crippen molar-refractivity contribution in [2.24, 2.45) is 0 Å². The summed E-state index contributed by atoms with van der Waals surface area (Å²) in [4.78, 5) is 14.4. The number of benzene rings is 1. The van der Waals surface area contributed by atoms with Crippen LogP contribution in [0.15, 0.2) is 24.3 Å². The number of nitrogens with one attached hydrogen (secondary N) is 1. The first kappa shape index (κ1) is 12.7. The molecule has 0 spiro atoms. The van der Waals surface area contributed by atoms with Gasteiger partial charge < -0.3 is 10.2 Å². The zero-order valence-electron chi connectivity index (χ0n) is 11.6. The van der Waals surface area contributed by atoms with E-state index >= 15 is 0 Å². The molecule has 2 aliphatic rings. The number of likely N-dealkylation sites (tertiary alicyclic amines) is 1. The quantitative estimate of drug-likeness (QED) is 0.882. The van der Waals surface area contributed by atoms with Crippen LogP contribution in [-0.4, -0.2) is 30.4 Å². The number of rotatable bonds is 2. The molecule has 0 radical (unpaired) electrons. The largest absolute Gasteiger partial charge is 0.333 e. The second kappa shape index (κ2) is 4.97. The Hall–Kier alpha value is -1.35. The summed E-state index contributed by atoms with van der Waals surface area (Å²) in [6.07, 6.45) is 3.80. The molecule has 3 nitrogen and oxygen atoms in total. The normalized spacial score (nSPS) is 22.8. The van der Waals surface area contributed by atoms with E-state index in [0.29, 0.717) is 5.91 Å². The third-order valence-electron chi connectivity index (χ3n) is 4.58. The van der Waals surface area contributed by atoms with Gasteiger partial charge in [0.05, 0.1) is 5.54 Å². The van der Waals surface area contributed by atoms with Crippen molar-refractivity contribution in [1.29, 1.82) is 0 Å². The lowest BCUT2D eigenvalue weighted by molar-refractivity contribution is -0.134. The fourth-order valence-corrected chi connectivity index (χ4v) is 3.59. The summed E-state index contributed by atoms with van der Waals surface area (Å²) >= 11 is 0. The molecule has 3 heteroatoms. The van der Waals surface area contributed by atoms with Gasteiger partial charge in [-0.25, -0.2) is 0 Å². The van der Waals surface area contributed by atoms with E-state index < -0.39 is 0 Å². The molecule has 0 atom stereocenters. The zero-order chi connectivity index (χ0) is 13.3. The fraction of sp³-hybridized carbons (Fsp3) is 0.562. The topological polar surface area (TPSA) is 32.3 Å². The van der Waals surface area contributed by atoms with Gasteiger partial charge >= 0.3 is 0 Å². The molecule has 1 amide bonds. The summed E-state index contributed by atoms with van der Waals surface area (Å²) < 4.78 is 0. The van der Waals surface area contributed by atoms with Gasteiger partial charge in [-0.3, -0.25) is 4.79 Å². The van der Waals surface area contributed by atoms with E-state index in [9.17, 15) is 4.79 Å². The number of amides is 1. The Bertz CT molecular complexity index is 477. The SMILES string of the molecule is Cc1cccc(C2(N3CCCC3=O)CCNCC2)c1. The summed E-state index contributed by atoms with van der Waals surface area (Å²) in [6.45, 7) is 5.05. The Labute approximate surface area is 115 Å². The van der Waals surface area contributed by atoms with Crippen LogP contribution in [0.25, 0.3) is 0 Å². The predicted octanol–water partition coefficient (Wildman–Crippen LogP) is 2.20. The highest BCUT2D eigenvalue weighted by Gasteiger charge is 2.43. The zero-order valence-corrected chi connectivity index (χ0v) is 11.6. The first-order chi connectivity index (χ1) is 9.22. The van der Waals surface area contributed by atoms with Crippen molar-refractivity contribution in [3.63, 3.8) is 0 Å². The third-order valence-corrected chi connectivity index (χ3v) is 4.58. The van der Waals surface area contributed by atoms with Crippen LogP contribution in [0.3, 0.4) is 0 Å². The maximum absolute atomic E-state index is 12.2. The number of aryl methyl sites for hydroxylation is 1. The Morgan fingerprint density at radius 1 is 1.26 bits per heavy atom. The summed E-state index contributed by atoms with van der Waals surface area (Å²) in [5.74, 6) is 0.336. The molecule has 1 aromatic rings. The van der Waals surface area contributed by atoms with Crippen molar-refractivity contribution in [1.82, 2.24) is 10.2 Å². The van der Waals surface area contributed by atoms with Crippen LogP contribution in [-0.2, 0) is 10.3 Å². The van der Waals surface area contributed by atoms with Crippen LogP contribution < -0.4 is 5.32 Å². The lowest BCUT2D eigenvalue weighted by Crippen LogP contribution is -2.52. The van der Waals surface area contributed by atoms with Gasteiger partial charge in [-0.1, -0.05) is 29.8 Å². The van der Waals surface area contributed by atoms with Gasteiger partial charge in [0.25, 0.3) is 0 Å². The van der Waals surface area contributed by atoms with E-state index in [-0.39, 0.29) is 5.54 Å². The van der Waals surface area contributed by atoms with Crippen LogP contribution in [0.5, 0.6) is 0 Å². The van der Waals surface area contributed by atoms with Gasteiger partial charge in [0.1, 0.15) is 0 Å². The Morgan fingerprint density at radius 2 is 2.05 bits per heavy atom. The number of carbonyl (C=O) groups is 1. The van der Waals surface area contributed by atoms with Crippen molar-refractivity contribution in [2.75, 3.05) is 19.6 Å². The summed E-state index contributed by atoms with van der Waals surface area (Å²) in [5.41, 5.74) is 2.54. The average Bonchev–Trinajstić information content (AvgIpc) is 2.86. The Morgan fingerprint density at radius 3 is 2.68 bits per heavy atom. The minimum absolute atomic E-state index is 0.0646. The lowest BCUT2D eigenvalue weighted by Gasteiger charge is -2.45. The van der Waals surface area contributed by atoms with E-state index in [1.807, 2.05) is 0 Å². The van der Waals surface area contributed by atoms with Crippen LogP contribution in [0.1, 0.15) is 36.8 Å². The summed E-state index contributed by atoms with van der Waals surface area (Å²) in [6, 6.07) is 8.71. The van der Waals surface area contributed by atoms with E-state index in [1.165, 1.54) is 11.1 Å². The molecule has 0 aliphatic carbocycles. The van der Waals surface area contributed by atoms with Gasteiger partial charge in [0, 0.05) is 13.0 Å². The molecule has 0 saturated carbocycles. The number of hydrogen-bond donors (Lipinski definition) is 1. The van der Waals surface area contributed by atoms with Crippen molar-refractivity contribution in [3.05, 3.63) is 35.4 Å². The summed E-state index contributed by atoms with van der Waals surface area (Å²) in [5, 5.41) is 3.42. The van der Waals surface area contributed by atoms with Crippen molar-refractivity contribution < 1.29 is 4.79 Å². The first-order valence-corrected chi connectivity index (χ1v) is 7.31. The van der Waals surface area contributed by atoms with Crippen molar-refractivity contribution in [2.45, 2.75) is 38.1 Å². The number of hydrogen-bond acceptors (Lipinski definition) is 2. The van der Waals surface area contributed by atoms with E-state index in [2.05, 4.69) is 41.4 Å². The highest BCUT2D eigenvalue weighted by Crippen LogP contribution is 2.39. The summed E-state index contributed by atoms with van der Waals surface area (Å²) in [7, 11) is 0. The second-order valence-corrected chi connectivity index (χ2v) is 5.80. The molecular formula is C16H22N2O. The fourth-order valence-electron chi connectivity index (χ4n) is 3.59. The van der Waals surface area contributed by atoms with Crippen LogP contribution in [0.4, 0.5) is 0 Å². The van der Waals surface area contributed by atoms with Crippen LogP contribution in [0.2, 0.25) is 0 Å². The molecule has 2 heterocycles. The molecule has 0 aromatic heterocycles. The lowest BCUT2D eigenvalue weighted by atomic mass is 9.79. The number of nitrogens with zero attached hydrogens (tertiary/aromatic N) is 1. The smallest absolute Gasteiger partial charge is 0.223 e. The first-order valence-electron chi connectivity index (χ1n) is 7.31. The molecule has 2 aliphatic heterocycles. The second-order valence-electron chi connectivity index (χ2n) is 5.80. The number of carbonyl (C=O) groups excluding carboxylic acids is 1. The molecule has 1 aromatic carbocycles. The third kappa shape index (κ3) is 2.16. The highest BCUT2D eigenvalue weighted by molar-refractivity contribution is 5.79. The van der Waals surface area contributed by atoms with Gasteiger partial charge in [0.2, 0.25) is 5.91 Å². The van der Waals surface area contributed by atoms with Gasteiger partial charge in [0.15, 0.2) is 0 Å². The van der Waals surface area contributed by atoms with Gasteiger partial charge in [-0.15, -0.1) is 0 Å². The molecule has 1 N–H and O–H groups in total. The van der Waals surface area contributed by atoms with Gasteiger partial charge in [-0.05, 0) is 44.8 Å². The molecule has 2 fully saturated rings. The molecule has 102 valence electrons. The van der Waals surface area contributed by atoms with Gasteiger partial charge in [-0.2, -0.15) is 0 Å². The molecular weight excluding hydrogens is 236 g/mol.